The van der Waals surface area contributed by atoms with Gasteiger partial charge < -0.3 is 24.6 Å². The van der Waals surface area contributed by atoms with Crippen LogP contribution >= 0.6 is 15.9 Å². The van der Waals surface area contributed by atoms with Gasteiger partial charge in [0, 0.05) is 42.1 Å². The number of ether oxygens (including phenoxy) is 3. The van der Waals surface area contributed by atoms with E-state index in [0.29, 0.717) is 35.7 Å². The van der Waals surface area contributed by atoms with Crippen molar-refractivity contribution in [2.75, 3.05) is 20.3 Å². The molecule has 0 aromatic heterocycles. The lowest BCUT2D eigenvalue weighted by Gasteiger charge is -2.31. The van der Waals surface area contributed by atoms with Gasteiger partial charge in [-0.2, -0.15) is 0 Å². The van der Waals surface area contributed by atoms with E-state index in [4.69, 9.17) is 24.3 Å². The van der Waals surface area contributed by atoms with Crippen LogP contribution in [0.5, 0.6) is 11.5 Å². The van der Waals surface area contributed by atoms with Crippen molar-refractivity contribution in [2.24, 2.45) is 4.99 Å². The minimum absolute atomic E-state index is 0.0328. The quantitative estimate of drug-likeness (QED) is 0.173. The zero-order valence-corrected chi connectivity index (χ0v) is 25.5. The summed E-state index contributed by atoms with van der Waals surface area (Å²) < 4.78 is 46.4. The largest absolute Gasteiger partial charge is 0.497 e. The molecule has 7 nitrogen and oxygen atoms in total. The number of rotatable bonds is 12. The van der Waals surface area contributed by atoms with Crippen LogP contribution in [0.25, 0.3) is 0 Å². The van der Waals surface area contributed by atoms with Crippen LogP contribution in [0.3, 0.4) is 0 Å². The Hall–Kier alpha value is -4.28. The maximum atomic E-state index is 14.3. The molecule has 0 saturated heterocycles. The Balaban J connectivity index is 1.57. The number of hydrogen-bond donors (Lipinski definition) is 2. The number of aliphatic hydroxyl groups is 1. The van der Waals surface area contributed by atoms with Gasteiger partial charge in [-0.3, -0.25) is 4.79 Å². The van der Waals surface area contributed by atoms with E-state index in [9.17, 15) is 13.6 Å². The number of carbonyl (C=O) groups excluding carboxylic acids is 1. The number of hydrogen-bond acceptors (Lipinski definition) is 6. The molecule has 0 saturated carbocycles. The third-order valence-electron chi connectivity index (χ3n) is 7.19. The molecule has 2 atom stereocenters. The van der Waals surface area contributed by atoms with Gasteiger partial charge in [0.1, 0.15) is 23.1 Å². The average Bonchev–Trinajstić information content (AvgIpc) is 3.41. The van der Waals surface area contributed by atoms with Crippen molar-refractivity contribution in [2.45, 2.75) is 31.0 Å². The van der Waals surface area contributed by atoms with Gasteiger partial charge in [-0.15, -0.1) is 0 Å². The van der Waals surface area contributed by atoms with E-state index in [-0.39, 0.29) is 31.0 Å². The average molecular weight is 666 g/mol. The van der Waals surface area contributed by atoms with E-state index in [0.717, 1.165) is 16.1 Å². The van der Waals surface area contributed by atoms with E-state index in [1.165, 1.54) is 12.1 Å². The predicted octanol–water partition coefficient (Wildman–Crippen LogP) is 6.31. The summed E-state index contributed by atoms with van der Waals surface area (Å²) in [4.78, 5) is 19.3. The Morgan fingerprint density at radius 2 is 1.70 bits per heavy atom. The molecule has 0 unspecified atom stereocenters. The smallest absolute Gasteiger partial charge is 0.252 e. The summed E-state index contributed by atoms with van der Waals surface area (Å²) in [5.41, 5.74) is 0.889. The van der Waals surface area contributed by atoms with Crippen molar-refractivity contribution in [3.05, 3.63) is 129 Å². The summed E-state index contributed by atoms with van der Waals surface area (Å²) in [6.45, 7) is 0.285. The minimum atomic E-state index is -1.50. The number of nitrogens with one attached hydrogen (secondary N) is 1. The van der Waals surface area contributed by atoms with E-state index in [2.05, 4.69) is 21.2 Å². The molecular weight excluding hydrogens is 634 g/mol. The fraction of sp³-hybridized carbons (Fsp3) is 0.235. The first-order valence-electron chi connectivity index (χ1n) is 14.0. The summed E-state index contributed by atoms with van der Waals surface area (Å²) in [6.07, 6.45) is -0.200. The summed E-state index contributed by atoms with van der Waals surface area (Å²) in [5, 5.41) is 11.9. The first-order chi connectivity index (χ1) is 21.3. The van der Waals surface area contributed by atoms with Crippen LogP contribution in [0.2, 0.25) is 0 Å². The molecule has 4 aromatic rings. The normalized spacial score (nSPS) is 17.5. The molecule has 5 rings (SSSR count). The number of benzene rings is 4. The number of aliphatic imine (C=N–C) groups is 1. The van der Waals surface area contributed by atoms with Crippen LogP contribution in [0, 0.1) is 11.6 Å². The second-order valence-electron chi connectivity index (χ2n) is 10.3. The summed E-state index contributed by atoms with van der Waals surface area (Å²) >= 11 is 3.46. The number of carbonyl (C=O) groups is 1. The van der Waals surface area contributed by atoms with Crippen molar-refractivity contribution in [1.82, 2.24) is 5.32 Å². The number of amides is 1. The minimum Gasteiger partial charge on any atom is -0.497 e. The molecule has 0 bridgehead atoms. The van der Waals surface area contributed by atoms with Crippen molar-refractivity contribution < 1.29 is 32.9 Å². The van der Waals surface area contributed by atoms with Crippen LogP contribution in [-0.4, -0.2) is 42.8 Å². The van der Waals surface area contributed by atoms with Crippen LogP contribution < -0.4 is 14.8 Å². The lowest BCUT2D eigenvalue weighted by Crippen LogP contribution is -2.49. The third-order valence-corrected chi connectivity index (χ3v) is 7.72. The fourth-order valence-corrected chi connectivity index (χ4v) is 5.31. The summed E-state index contributed by atoms with van der Waals surface area (Å²) in [6, 6.07) is 25.1. The van der Waals surface area contributed by atoms with Crippen LogP contribution in [-0.2, 0) is 22.5 Å². The molecule has 0 aliphatic carbocycles. The second kappa shape index (κ2) is 14.0. The maximum Gasteiger partial charge on any atom is 0.252 e. The molecule has 1 heterocycles. The Kier molecular flexibility index (Phi) is 9.92. The molecule has 2 N–H and O–H groups in total. The van der Waals surface area contributed by atoms with Crippen LogP contribution in [0.15, 0.2) is 100 Å². The molecule has 10 heteroatoms. The highest BCUT2D eigenvalue weighted by molar-refractivity contribution is 9.10. The lowest BCUT2D eigenvalue weighted by molar-refractivity contribution is -0.129. The molecule has 228 valence electrons. The second-order valence-corrected chi connectivity index (χ2v) is 11.2. The molecule has 0 spiro atoms. The first-order valence-corrected chi connectivity index (χ1v) is 14.8. The highest BCUT2D eigenvalue weighted by Crippen LogP contribution is 2.43. The first kappa shape index (κ1) is 31.2. The standard InChI is InChI=1S/C34H31BrF2N2O5/c1-42-30-5-2-4-25(18-30)31-34(20-22-6-10-26(35)11-7-22,33(41)38-21-23-16-27(36)19-28(37)17-23)39-32(44-31)24-8-12-29(13-9-24)43-15-3-14-40/h2,4-13,16-19,31,40H,3,14-15,20-21H2,1H3,(H,38,41)/t31-,34-/m1/s1. The Labute approximate surface area is 262 Å². The molecule has 44 heavy (non-hydrogen) atoms. The number of nitrogens with zero attached hydrogens (tertiary/aromatic N) is 1. The molecule has 1 aliphatic rings. The van der Waals surface area contributed by atoms with E-state index >= 15 is 0 Å². The zero-order chi connectivity index (χ0) is 31.1. The number of methoxy groups -OCH3 is 1. The molecule has 0 radical (unpaired) electrons. The Bertz CT molecular complexity index is 1610. The Morgan fingerprint density at radius 1 is 0.977 bits per heavy atom. The van der Waals surface area contributed by atoms with Gasteiger partial charge in [0.05, 0.1) is 13.7 Å². The predicted molar refractivity (Wildman–Crippen MR) is 166 cm³/mol. The van der Waals surface area contributed by atoms with Gasteiger partial charge in [-0.1, -0.05) is 40.2 Å². The van der Waals surface area contributed by atoms with Crippen LogP contribution in [0.1, 0.15) is 34.8 Å². The topological polar surface area (TPSA) is 89.4 Å². The SMILES string of the molecule is COc1cccc([C@H]2OC(c3ccc(OCCCO)cc3)=N[C@@]2(Cc2ccc(Br)cc2)C(=O)NCc2cc(F)cc(F)c2)c1. The monoisotopic (exact) mass is 664 g/mol. The molecule has 1 amide bonds. The third kappa shape index (κ3) is 7.26. The van der Waals surface area contributed by atoms with Gasteiger partial charge >= 0.3 is 0 Å². The Morgan fingerprint density at radius 3 is 2.39 bits per heavy atom. The van der Waals surface area contributed by atoms with Crippen LogP contribution in [0.4, 0.5) is 8.78 Å². The maximum absolute atomic E-state index is 14.3. The van der Waals surface area contributed by atoms with Crippen molar-refractivity contribution in [3.8, 4) is 11.5 Å². The highest BCUT2D eigenvalue weighted by atomic mass is 79.9. The number of halogens is 3. The van der Waals surface area contributed by atoms with Gasteiger partial charge in [0.15, 0.2) is 11.6 Å². The van der Waals surface area contributed by atoms with Crippen molar-refractivity contribution in [1.29, 1.82) is 0 Å². The van der Waals surface area contributed by atoms with E-state index in [1.54, 1.807) is 43.5 Å². The highest BCUT2D eigenvalue weighted by Gasteiger charge is 2.53. The van der Waals surface area contributed by atoms with E-state index < -0.39 is 29.2 Å². The molecule has 1 aliphatic heterocycles. The van der Waals surface area contributed by atoms with Crippen molar-refractivity contribution >= 4 is 27.7 Å². The van der Waals surface area contributed by atoms with Gasteiger partial charge in [-0.05, 0) is 77.4 Å². The summed E-state index contributed by atoms with van der Waals surface area (Å²) in [5.74, 6) is -0.494. The lowest BCUT2D eigenvalue weighted by atomic mass is 9.82. The van der Waals surface area contributed by atoms with E-state index in [1.807, 2.05) is 36.4 Å². The van der Waals surface area contributed by atoms with Crippen molar-refractivity contribution in [3.63, 3.8) is 0 Å². The fourth-order valence-electron chi connectivity index (χ4n) is 5.05. The van der Waals surface area contributed by atoms with Gasteiger partial charge in [-0.25, -0.2) is 13.8 Å². The number of aliphatic hydroxyl groups excluding tert-OH is 1. The van der Waals surface area contributed by atoms with Gasteiger partial charge in [0.25, 0.3) is 5.91 Å². The molecular formula is C34H31BrF2N2O5. The molecule has 4 aromatic carbocycles. The molecule has 0 fully saturated rings. The summed E-state index contributed by atoms with van der Waals surface area (Å²) in [7, 11) is 1.56. The zero-order valence-electron chi connectivity index (χ0n) is 23.9. The van der Waals surface area contributed by atoms with Gasteiger partial charge in [0.2, 0.25) is 5.90 Å².